The number of amides is 1. The highest BCUT2D eigenvalue weighted by Crippen LogP contribution is 2.29. The van der Waals surface area contributed by atoms with Crippen LogP contribution in [0.1, 0.15) is 11.1 Å². The number of hydrogen-bond acceptors (Lipinski definition) is 6. The summed E-state index contributed by atoms with van der Waals surface area (Å²) in [6.45, 7) is 2.57. The number of non-ortho nitro benzene ring substituents is 1. The number of carbonyl (C=O) groups excluding carboxylic acids is 1. The van der Waals surface area contributed by atoms with Gasteiger partial charge in [-0.05, 0) is 25.0 Å². The second-order valence-corrected chi connectivity index (χ2v) is 5.96. The van der Waals surface area contributed by atoms with Crippen LogP contribution < -0.4 is 15.4 Å². The van der Waals surface area contributed by atoms with Gasteiger partial charge in [-0.1, -0.05) is 29.8 Å². The molecule has 2 rings (SSSR count). The van der Waals surface area contributed by atoms with E-state index < -0.39 is 10.8 Å². The van der Waals surface area contributed by atoms with Crippen molar-refractivity contribution in [2.45, 2.75) is 13.3 Å². The molecular formula is C20H20N4O4. The third kappa shape index (κ3) is 5.57. The second kappa shape index (κ2) is 9.73. The first-order valence-electron chi connectivity index (χ1n) is 8.47. The molecule has 0 saturated carbocycles. The molecule has 0 unspecified atom stereocenters. The maximum atomic E-state index is 12.3. The van der Waals surface area contributed by atoms with Gasteiger partial charge >= 0.3 is 0 Å². The average molecular weight is 380 g/mol. The minimum Gasteiger partial charge on any atom is -0.494 e. The molecule has 0 fully saturated rings. The summed E-state index contributed by atoms with van der Waals surface area (Å²) in [5.41, 5.74) is 2.28. The Labute approximate surface area is 162 Å². The van der Waals surface area contributed by atoms with Crippen molar-refractivity contribution in [3.05, 3.63) is 75.5 Å². The van der Waals surface area contributed by atoms with Crippen LogP contribution in [-0.2, 0) is 11.2 Å². The van der Waals surface area contributed by atoms with E-state index >= 15 is 0 Å². The van der Waals surface area contributed by atoms with Crippen molar-refractivity contribution in [1.29, 1.82) is 5.26 Å². The standard InChI is InChI=1S/C20H20N4O4/c1-14-3-5-15(6-4-14)9-10-22-13-16(12-21)20(25)23-18-8-7-17(24(26)27)11-19(18)28-2/h3-8,11,13,22H,9-10H2,1-2H3,(H,23,25)/b16-13-. The minimum absolute atomic E-state index is 0.121. The van der Waals surface area contributed by atoms with Crippen LogP contribution in [0.5, 0.6) is 5.75 Å². The van der Waals surface area contributed by atoms with E-state index in [1.807, 2.05) is 37.3 Å². The molecule has 0 radical (unpaired) electrons. The third-order valence-electron chi connectivity index (χ3n) is 3.93. The van der Waals surface area contributed by atoms with Crippen molar-refractivity contribution in [2.75, 3.05) is 19.0 Å². The van der Waals surface area contributed by atoms with E-state index in [1.165, 1.54) is 37.1 Å². The van der Waals surface area contributed by atoms with Gasteiger partial charge in [0.25, 0.3) is 11.6 Å². The number of nitrogens with one attached hydrogen (secondary N) is 2. The highest BCUT2D eigenvalue weighted by molar-refractivity contribution is 6.07. The predicted octanol–water partition coefficient (Wildman–Crippen LogP) is 3.09. The van der Waals surface area contributed by atoms with E-state index in [-0.39, 0.29) is 22.7 Å². The van der Waals surface area contributed by atoms with Crippen LogP contribution in [0.3, 0.4) is 0 Å². The van der Waals surface area contributed by atoms with Gasteiger partial charge in [0.15, 0.2) is 0 Å². The summed E-state index contributed by atoms with van der Waals surface area (Å²) in [5, 5.41) is 25.5. The van der Waals surface area contributed by atoms with Gasteiger partial charge in [0, 0.05) is 18.8 Å². The molecule has 144 valence electrons. The monoisotopic (exact) mass is 380 g/mol. The van der Waals surface area contributed by atoms with Gasteiger partial charge in [-0.15, -0.1) is 0 Å². The molecule has 0 aliphatic carbocycles. The molecule has 0 aromatic heterocycles. The Balaban J connectivity index is 1.99. The molecule has 2 N–H and O–H groups in total. The zero-order chi connectivity index (χ0) is 20.5. The fourth-order valence-electron chi connectivity index (χ4n) is 2.38. The largest absolute Gasteiger partial charge is 0.494 e. The number of nitro groups is 1. The van der Waals surface area contributed by atoms with Crippen LogP contribution in [0, 0.1) is 28.4 Å². The maximum Gasteiger partial charge on any atom is 0.273 e. The number of ether oxygens (including phenoxy) is 1. The highest BCUT2D eigenvalue weighted by Gasteiger charge is 2.15. The number of nitrogens with zero attached hydrogens (tertiary/aromatic N) is 2. The lowest BCUT2D eigenvalue weighted by Crippen LogP contribution is -2.18. The number of anilines is 1. The fourth-order valence-corrected chi connectivity index (χ4v) is 2.38. The summed E-state index contributed by atoms with van der Waals surface area (Å²) in [7, 11) is 1.34. The Morgan fingerprint density at radius 3 is 2.61 bits per heavy atom. The molecule has 28 heavy (non-hydrogen) atoms. The minimum atomic E-state index is -0.641. The fraction of sp³-hybridized carbons (Fsp3) is 0.200. The molecule has 2 aromatic rings. The van der Waals surface area contributed by atoms with Gasteiger partial charge in [0.1, 0.15) is 17.4 Å². The van der Waals surface area contributed by atoms with Crippen LogP contribution in [0.25, 0.3) is 0 Å². The van der Waals surface area contributed by atoms with Crippen LogP contribution in [0.15, 0.2) is 54.2 Å². The molecule has 0 aliphatic heterocycles. The summed E-state index contributed by atoms with van der Waals surface area (Å²) in [6.07, 6.45) is 2.09. The quantitative estimate of drug-likeness (QED) is 0.239. The third-order valence-corrected chi connectivity index (χ3v) is 3.93. The molecular weight excluding hydrogens is 360 g/mol. The van der Waals surface area contributed by atoms with E-state index in [0.29, 0.717) is 6.54 Å². The first kappa shape index (κ1) is 20.5. The Kier molecular flexibility index (Phi) is 7.11. The molecule has 8 heteroatoms. The van der Waals surface area contributed by atoms with Crippen LogP contribution >= 0.6 is 0 Å². The molecule has 1 amide bonds. The van der Waals surface area contributed by atoms with Crippen molar-refractivity contribution in [2.24, 2.45) is 0 Å². The summed E-state index contributed by atoms with van der Waals surface area (Å²) in [4.78, 5) is 22.6. The van der Waals surface area contributed by atoms with Crippen molar-refractivity contribution in [1.82, 2.24) is 5.32 Å². The van der Waals surface area contributed by atoms with Crippen LogP contribution in [0.4, 0.5) is 11.4 Å². The van der Waals surface area contributed by atoms with Gasteiger partial charge in [0.2, 0.25) is 0 Å². The predicted molar refractivity (Wildman–Crippen MR) is 105 cm³/mol. The first-order chi connectivity index (χ1) is 13.4. The van der Waals surface area contributed by atoms with Gasteiger partial charge in [-0.25, -0.2) is 0 Å². The molecule has 0 heterocycles. The lowest BCUT2D eigenvalue weighted by Gasteiger charge is -2.09. The Hall–Kier alpha value is -3.86. The number of methoxy groups -OCH3 is 1. The molecule has 8 nitrogen and oxygen atoms in total. The smallest absolute Gasteiger partial charge is 0.273 e. The van der Waals surface area contributed by atoms with E-state index in [9.17, 15) is 20.2 Å². The topological polar surface area (TPSA) is 117 Å². The van der Waals surface area contributed by atoms with E-state index in [1.54, 1.807) is 0 Å². The molecule has 0 saturated heterocycles. The molecule has 0 atom stereocenters. The van der Waals surface area contributed by atoms with Gasteiger partial charge in [0.05, 0.1) is 23.8 Å². The Morgan fingerprint density at radius 2 is 2.00 bits per heavy atom. The summed E-state index contributed by atoms with van der Waals surface area (Å²) < 4.78 is 5.07. The number of rotatable bonds is 8. The summed E-state index contributed by atoms with van der Waals surface area (Å²) in [5.74, 6) is -0.510. The van der Waals surface area contributed by atoms with Gasteiger partial charge in [-0.2, -0.15) is 5.26 Å². The molecule has 0 bridgehead atoms. The Bertz CT molecular complexity index is 930. The van der Waals surface area contributed by atoms with Crippen molar-refractivity contribution in [3.63, 3.8) is 0 Å². The van der Waals surface area contributed by atoms with Crippen molar-refractivity contribution in [3.8, 4) is 11.8 Å². The Morgan fingerprint density at radius 1 is 1.29 bits per heavy atom. The molecule has 2 aromatic carbocycles. The second-order valence-electron chi connectivity index (χ2n) is 5.96. The number of carbonyl (C=O) groups is 1. The number of nitro benzene ring substituents is 1. The van der Waals surface area contributed by atoms with Crippen molar-refractivity contribution >= 4 is 17.3 Å². The zero-order valence-corrected chi connectivity index (χ0v) is 15.6. The van der Waals surface area contributed by atoms with E-state index in [4.69, 9.17) is 4.74 Å². The number of benzene rings is 2. The molecule has 0 spiro atoms. The summed E-state index contributed by atoms with van der Waals surface area (Å²) in [6, 6.07) is 13.7. The molecule has 0 aliphatic rings. The average Bonchev–Trinajstić information content (AvgIpc) is 2.69. The SMILES string of the molecule is COc1cc([N+](=O)[O-])ccc1NC(=O)/C(C#N)=C\NCCc1ccc(C)cc1. The van der Waals surface area contributed by atoms with Gasteiger partial charge < -0.3 is 15.4 Å². The maximum absolute atomic E-state index is 12.3. The van der Waals surface area contributed by atoms with Crippen LogP contribution in [0.2, 0.25) is 0 Å². The number of hydrogen-bond donors (Lipinski definition) is 2. The van der Waals surface area contributed by atoms with E-state index in [0.717, 1.165) is 12.0 Å². The summed E-state index contributed by atoms with van der Waals surface area (Å²) >= 11 is 0. The number of aryl methyl sites for hydroxylation is 1. The van der Waals surface area contributed by atoms with Gasteiger partial charge in [-0.3, -0.25) is 14.9 Å². The normalized spacial score (nSPS) is 10.7. The number of nitriles is 1. The lowest BCUT2D eigenvalue weighted by molar-refractivity contribution is -0.384. The highest BCUT2D eigenvalue weighted by atomic mass is 16.6. The van der Waals surface area contributed by atoms with E-state index in [2.05, 4.69) is 10.6 Å². The van der Waals surface area contributed by atoms with Crippen molar-refractivity contribution < 1.29 is 14.5 Å². The zero-order valence-electron chi connectivity index (χ0n) is 15.6. The first-order valence-corrected chi connectivity index (χ1v) is 8.47. The van der Waals surface area contributed by atoms with Crippen LogP contribution in [-0.4, -0.2) is 24.5 Å². The lowest BCUT2D eigenvalue weighted by atomic mass is 10.1.